The summed E-state index contributed by atoms with van der Waals surface area (Å²) >= 11 is 0. The van der Waals surface area contributed by atoms with Gasteiger partial charge in [0.15, 0.2) is 17.0 Å². The number of carbonyl (C=O) groups is 1. The molecule has 1 aromatic carbocycles. The Kier molecular flexibility index (Phi) is 5.77. The molecule has 3 aliphatic heterocycles. The van der Waals surface area contributed by atoms with Crippen molar-refractivity contribution < 1.29 is 9.53 Å². The summed E-state index contributed by atoms with van der Waals surface area (Å²) < 4.78 is 9.74. The summed E-state index contributed by atoms with van der Waals surface area (Å²) in [6.45, 7) is 9.02. The molecule has 0 saturated carbocycles. The molecule has 6 heterocycles. The quantitative estimate of drug-likeness (QED) is 0.398. The van der Waals surface area contributed by atoms with Crippen molar-refractivity contribution in [3.63, 3.8) is 0 Å². The fourth-order valence-corrected chi connectivity index (χ4v) is 5.89. The smallest absolute Gasteiger partial charge is 0.239 e. The number of fused-ring (bicyclic) bond motifs is 2. The molecule has 3 saturated heterocycles. The number of likely N-dealkylation sites (tertiary alicyclic amines) is 2. The van der Waals surface area contributed by atoms with Crippen molar-refractivity contribution in [1.29, 1.82) is 0 Å². The normalized spacial score (nSPS) is 20.5. The van der Waals surface area contributed by atoms with Crippen molar-refractivity contribution in [3.05, 3.63) is 35.9 Å². The van der Waals surface area contributed by atoms with E-state index in [1.54, 1.807) is 0 Å². The van der Waals surface area contributed by atoms with Crippen molar-refractivity contribution >= 4 is 33.9 Å². The Morgan fingerprint density at radius 1 is 1.03 bits per heavy atom. The van der Waals surface area contributed by atoms with Gasteiger partial charge in [-0.05, 0) is 38.4 Å². The van der Waals surface area contributed by atoms with Crippen LogP contribution in [0.15, 0.2) is 24.3 Å². The molecule has 1 amide bonds. The first-order valence-corrected chi connectivity index (χ1v) is 13.6. The molecule has 0 N–H and O–H groups in total. The van der Waals surface area contributed by atoms with Crippen LogP contribution in [0.25, 0.3) is 28.1 Å². The summed E-state index contributed by atoms with van der Waals surface area (Å²) in [5, 5.41) is 0. The Bertz CT molecular complexity index is 1520. The first-order valence-electron chi connectivity index (χ1n) is 13.6. The molecule has 11 nitrogen and oxygen atoms in total. The monoisotopic (exact) mass is 515 g/mol. The largest absolute Gasteiger partial charge is 0.378 e. The standard InChI is InChI=1S/C27H33N9O2/c1-18-28-20-6-3-4-7-21(20)36(18)27-30-24-23(25(31-27)34-12-14-38-15-13-34)29-22(32(24)2)17-33-11-8-19(16-33)26(37)35-9-5-10-35/h3-4,6-7,19H,5,8-17H2,1-2H3/t19-/m1/s1. The van der Waals surface area contributed by atoms with Crippen LogP contribution in [0.5, 0.6) is 0 Å². The maximum atomic E-state index is 12.8. The number of morpholine rings is 1. The zero-order valence-corrected chi connectivity index (χ0v) is 22.0. The maximum Gasteiger partial charge on any atom is 0.239 e. The summed E-state index contributed by atoms with van der Waals surface area (Å²) in [6.07, 6.45) is 2.04. The summed E-state index contributed by atoms with van der Waals surface area (Å²) in [5.41, 5.74) is 3.51. The molecule has 3 aromatic heterocycles. The molecular formula is C27H33N9O2. The Morgan fingerprint density at radius 3 is 2.63 bits per heavy atom. The SMILES string of the molecule is Cc1nc2ccccc2n1-c1nc(N2CCOCC2)c2nc(CN3CC[C@@H](C(=O)N4CCC4)C3)n(C)c2n1. The second-order valence-corrected chi connectivity index (χ2v) is 10.6. The van der Waals surface area contributed by atoms with Crippen LogP contribution in [-0.4, -0.2) is 97.3 Å². The van der Waals surface area contributed by atoms with Gasteiger partial charge in [0.25, 0.3) is 0 Å². The minimum absolute atomic E-state index is 0.0952. The fourth-order valence-electron chi connectivity index (χ4n) is 5.89. The minimum Gasteiger partial charge on any atom is -0.378 e. The lowest BCUT2D eigenvalue weighted by Gasteiger charge is -2.33. The molecular weight excluding hydrogens is 482 g/mol. The fraction of sp³-hybridized carbons (Fsp3) is 0.519. The number of hydrogen-bond donors (Lipinski definition) is 0. The molecule has 0 radical (unpaired) electrons. The summed E-state index contributed by atoms with van der Waals surface area (Å²) in [4.78, 5) is 39.3. The van der Waals surface area contributed by atoms with Crippen LogP contribution in [-0.2, 0) is 23.1 Å². The van der Waals surface area contributed by atoms with Crippen molar-refractivity contribution in [2.45, 2.75) is 26.3 Å². The number of nitrogens with zero attached hydrogens (tertiary/aromatic N) is 9. The van der Waals surface area contributed by atoms with Crippen LogP contribution in [0.3, 0.4) is 0 Å². The third kappa shape index (κ3) is 3.92. The lowest BCUT2D eigenvalue weighted by molar-refractivity contribution is -0.138. The Labute approximate surface area is 221 Å². The number of imidazole rings is 2. The Balaban J connectivity index is 1.27. The zero-order chi connectivity index (χ0) is 25.8. The van der Waals surface area contributed by atoms with Crippen LogP contribution in [0, 0.1) is 12.8 Å². The van der Waals surface area contributed by atoms with Gasteiger partial charge in [0.1, 0.15) is 11.6 Å². The molecule has 3 aliphatic rings. The average molecular weight is 516 g/mol. The molecule has 0 unspecified atom stereocenters. The number of anilines is 1. The van der Waals surface area contributed by atoms with Gasteiger partial charge in [-0.15, -0.1) is 0 Å². The number of rotatable bonds is 5. The predicted molar refractivity (Wildman–Crippen MR) is 143 cm³/mol. The third-order valence-corrected chi connectivity index (χ3v) is 8.17. The predicted octanol–water partition coefficient (Wildman–Crippen LogP) is 1.90. The topological polar surface area (TPSA) is 97.4 Å². The van der Waals surface area contributed by atoms with Crippen LogP contribution >= 0.6 is 0 Å². The third-order valence-electron chi connectivity index (χ3n) is 8.17. The van der Waals surface area contributed by atoms with E-state index in [2.05, 4.69) is 20.4 Å². The molecule has 3 fully saturated rings. The number of aryl methyl sites for hydroxylation is 2. The molecule has 7 rings (SSSR count). The first-order chi connectivity index (χ1) is 18.6. The van der Waals surface area contributed by atoms with Gasteiger partial charge in [0.05, 0.1) is 36.7 Å². The summed E-state index contributed by atoms with van der Waals surface area (Å²) in [7, 11) is 2.03. The van der Waals surface area contributed by atoms with Gasteiger partial charge in [-0.1, -0.05) is 12.1 Å². The van der Waals surface area contributed by atoms with E-state index in [1.165, 1.54) is 0 Å². The second-order valence-electron chi connectivity index (χ2n) is 10.6. The Hall–Kier alpha value is -3.57. The highest BCUT2D eigenvalue weighted by atomic mass is 16.5. The van der Waals surface area contributed by atoms with Crippen LogP contribution in [0.4, 0.5) is 5.82 Å². The summed E-state index contributed by atoms with van der Waals surface area (Å²) in [6, 6.07) is 8.07. The highest BCUT2D eigenvalue weighted by molar-refractivity contribution is 5.86. The molecule has 0 aliphatic carbocycles. The molecule has 38 heavy (non-hydrogen) atoms. The molecule has 0 bridgehead atoms. The van der Waals surface area contributed by atoms with Crippen LogP contribution < -0.4 is 4.90 Å². The summed E-state index contributed by atoms with van der Waals surface area (Å²) in [5.74, 6) is 3.62. The van der Waals surface area contributed by atoms with E-state index in [4.69, 9.17) is 24.7 Å². The van der Waals surface area contributed by atoms with Gasteiger partial charge in [-0.25, -0.2) is 9.97 Å². The lowest BCUT2D eigenvalue weighted by atomic mass is 10.1. The van der Waals surface area contributed by atoms with Crippen molar-refractivity contribution in [1.82, 2.24) is 38.9 Å². The van der Waals surface area contributed by atoms with Gasteiger partial charge >= 0.3 is 0 Å². The van der Waals surface area contributed by atoms with Gasteiger partial charge in [0.2, 0.25) is 11.9 Å². The number of carbonyl (C=O) groups excluding carboxylic acids is 1. The number of ether oxygens (including phenoxy) is 1. The Morgan fingerprint density at radius 2 is 1.84 bits per heavy atom. The van der Waals surface area contributed by atoms with Gasteiger partial charge in [-0.3, -0.25) is 14.3 Å². The lowest BCUT2D eigenvalue weighted by Crippen LogP contribution is -2.45. The molecule has 11 heteroatoms. The van der Waals surface area contributed by atoms with Gasteiger partial charge < -0.3 is 19.1 Å². The van der Waals surface area contributed by atoms with Gasteiger partial charge in [-0.2, -0.15) is 9.97 Å². The number of benzene rings is 1. The minimum atomic E-state index is 0.0952. The van der Waals surface area contributed by atoms with E-state index in [-0.39, 0.29) is 5.92 Å². The highest BCUT2D eigenvalue weighted by Crippen LogP contribution is 2.29. The van der Waals surface area contributed by atoms with Crippen molar-refractivity contribution in [3.8, 4) is 5.95 Å². The second kappa shape index (κ2) is 9.32. The van der Waals surface area contributed by atoms with E-state index >= 15 is 0 Å². The maximum absolute atomic E-state index is 12.8. The van der Waals surface area contributed by atoms with Gasteiger partial charge in [0, 0.05) is 39.8 Å². The molecule has 0 spiro atoms. The average Bonchev–Trinajstić information content (AvgIpc) is 3.59. The van der Waals surface area contributed by atoms with E-state index in [0.29, 0.717) is 31.6 Å². The van der Waals surface area contributed by atoms with Crippen LogP contribution in [0.1, 0.15) is 24.5 Å². The first kappa shape index (κ1) is 23.5. The molecule has 1 atom stereocenters. The number of para-hydroxylation sites is 2. The molecule has 4 aromatic rings. The van der Waals surface area contributed by atoms with Crippen molar-refractivity contribution in [2.24, 2.45) is 13.0 Å². The highest BCUT2D eigenvalue weighted by Gasteiger charge is 2.34. The number of hydrogen-bond acceptors (Lipinski definition) is 8. The van der Waals surface area contributed by atoms with E-state index in [1.807, 2.05) is 41.6 Å². The van der Waals surface area contributed by atoms with E-state index in [9.17, 15) is 4.79 Å². The number of amides is 1. The zero-order valence-electron chi connectivity index (χ0n) is 22.0. The van der Waals surface area contributed by atoms with Crippen LogP contribution in [0.2, 0.25) is 0 Å². The number of aromatic nitrogens is 6. The van der Waals surface area contributed by atoms with Crippen molar-refractivity contribution in [2.75, 3.05) is 57.4 Å². The van der Waals surface area contributed by atoms with E-state index in [0.717, 1.165) is 91.8 Å². The van der Waals surface area contributed by atoms with E-state index < -0.39 is 0 Å². The molecule has 198 valence electrons.